The molecule has 0 atom stereocenters. The maximum absolute atomic E-state index is 11.6. The zero-order chi connectivity index (χ0) is 12.7. The van der Waals surface area contributed by atoms with E-state index in [0.717, 1.165) is 12.8 Å². The minimum absolute atomic E-state index is 0.293. The van der Waals surface area contributed by atoms with Gasteiger partial charge in [0.1, 0.15) is 5.41 Å². The Labute approximate surface area is 103 Å². The first-order valence-electron chi connectivity index (χ1n) is 6.65. The molecule has 0 heterocycles. The standard InChI is InChI=1S/C13H23NO3/c1-2-3-4-5-6-7-10-14-11(15)13(8-9-13)12(16)17/h2-10H2,1H3,(H,14,15)(H,16,17). The first kappa shape index (κ1) is 14.0. The van der Waals surface area contributed by atoms with Gasteiger partial charge in [0.25, 0.3) is 0 Å². The van der Waals surface area contributed by atoms with E-state index >= 15 is 0 Å². The van der Waals surface area contributed by atoms with Crippen LogP contribution in [0.5, 0.6) is 0 Å². The van der Waals surface area contributed by atoms with Crippen molar-refractivity contribution in [2.75, 3.05) is 6.54 Å². The zero-order valence-electron chi connectivity index (χ0n) is 10.6. The summed E-state index contributed by atoms with van der Waals surface area (Å²) in [7, 11) is 0. The Morgan fingerprint density at radius 3 is 2.24 bits per heavy atom. The molecule has 0 saturated heterocycles. The summed E-state index contributed by atoms with van der Waals surface area (Å²) in [6, 6.07) is 0. The van der Waals surface area contributed by atoms with Gasteiger partial charge in [-0.05, 0) is 19.3 Å². The Kier molecular flexibility index (Phi) is 5.45. The molecule has 0 aliphatic heterocycles. The fourth-order valence-corrected chi connectivity index (χ4v) is 1.94. The van der Waals surface area contributed by atoms with Crippen LogP contribution < -0.4 is 5.32 Å². The summed E-state index contributed by atoms with van der Waals surface area (Å²) in [6.45, 7) is 2.79. The van der Waals surface area contributed by atoms with Crippen molar-refractivity contribution in [1.82, 2.24) is 5.32 Å². The average Bonchev–Trinajstić information content (AvgIpc) is 3.08. The van der Waals surface area contributed by atoms with Crippen LogP contribution in [0.4, 0.5) is 0 Å². The summed E-state index contributed by atoms with van der Waals surface area (Å²) in [6.07, 6.45) is 8.00. The monoisotopic (exact) mass is 241 g/mol. The SMILES string of the molecule is CCCCCCCCNC(=O)C1(C(=O)O)CC1. The van der Waals surface area contributed by atoms with Crippen molar-refractivity contribution in [3.63, 3.8) is 0 Å². The third kappa shape index (κ3) is 4.02. The van der Waals surface area contributed by atoms with Gasteiger partial charge in [-0.25, -0.2) is 0 Å². The van der Waals surface area contributed by atoms with Crippen molar-refractivity contribution in [2.24, 2.45) is 5.41 Å². The van der Waals surface area contributed by atoms with E-state index in [1.54, 1.807) is 0 Å². The highest BCUT2D eigenvalue weighted by Gasteiger charge is 2.56. The number of unbranched alkanes of at least 4 members (excludes halogenated alkanes) is 5. The van der Waals surface area contributed by atoms with Crippen molar-refractivity contribution in [2.45, 2.75) is 58.3 Å². The summed E-state index contributed by atoms with van der Waals surface area (Å²) in [5.41, 5.74) is -1.08. The molecule has 98 valence electrons. The second-order valence-corrected chi connectivity index (χ2v) is 4.91. The molecular weight excluding hydrogens is 218 g/mol. The van der Waals surface area contributed by atoms with E-state index in [1.165, 1.54) is 25.7 Å². The number of carbonyl (C=O) groups is 2. The van der Waals surface area contributed by atoms with Gasteiger partial charge in [-0.1, -0.05) is 39.0 Å². The maximum Gasteiger partial charge on any atom is 0.319 e. The molecule has 0 radical (unpaired) electrons. The number of amides is 1. The lowest BCUT2D eigenvalue weighted by molar-refractivity contribution is -0.149. The second-order valence-electron chi connectivity index (χ2n) is 4.91. The number of rotatable bonds is 9. The average molecular weight is 241 g/mol. The van der Waals surface area contributed by atoms with Gasteiger partial charge in [0.05, 0.1) is 0 Å². The van der Waals surface area contributed by atoms with Gasteiger partial charge in [-0.15, -0.1) is 0 Å². The molecule has 0 aromatic carbocycles. The highest BCUT2D eigenvalue weighted by atomic mass is 16.4. The van der Waals surface area contributed by atoms with E-state index in [9.17, 15) is 9.59 Å². The Morgan fingerprint density at radius 2 is 1.71 bits per heavy atom. The Morgan fingerprint density at radius 1 is 1.12 bits per heavy atom. The number of carbonyl (C=O) groups excluding carboxylic acids is 1. The molecule has 0 unspecified atom stereocenters. The largest absolute Gasteiger partial charge is 0.480 e. The van der Waals surface area contributed by atoms with E-state index in [-0.39, 0.29) is 5.91 Å². The molecule has 0 bridgehead atoms. The Bertz CT molecular complexity index is 272. The quantitative estimate of drug-likeness (QED) is 0.481. The number of hydrogen-bond acceptors (Lipinski definition) is 2. The molecule has 1 rings (SSSR count). The van der Waals surface area contributed by atoms with Crippen LogP contribution in [0.25, 0.3) is 0 Å². The molecule has 0 aromatic heterocycles. The minimum Gasteiger partial charge on any atom is -0.480 e. The fraction of sp³-hybridized carbons (Fsp3) is 0.846. The molecule has 4 nitrogen and oxygen atoms in total. The van der Waals surface area contributed by atoms with Crippen LogP contribution >= 0.6 is 0 Å². The fourth-order valence-electron chi connectivity index (χ4n) is 1.94. The second kappa shape index (κ2) is 6.62. The topological polar surface area (TPSA) is 66.4 Å². The number of carboxylic acid groups (broad SMARTS) is 1. The summed E-state index contributed by atoms with van der Waals surface area (Å²) < 4.78 is 0. The minimum atomic E-state index is -1.08. The van der Waals surface area contributed by atoms with Crippen LogP contribution in [0.2, 0.25) is 0 Å². The van der Waals surface area contributed by atoms with Gasteiger partial charge < -0.3 is 10.4 Å². The van der Waals surface area contributed by atoms with Crippen molar-refractivity contribution < 1.29 is 14.7 Å². The van der Waals surface area contributed by atoms with E-state index in [4.69, 9.17) is 5.11 Å². The molecular formula is C13H23NO3. The molecule has 0 spiro atoms. The molecule has 1 fully saturated rings. The third-order valence-corrected chi connectivity index (χ3v) is 3.41. The van der Waals surface area contributed by atoms with Crippen molar-refractivity contribution >= 4 is 11.9 Å². The summed E-state index contributed by atoms with van der Waals surface area (Å²) in [5, 5.41) is 11.7. The lowest BCUT2D eigenvalue weighted by atomic mass is 10.1. The van der Waals surface area contributed by atoms with Crippen molar-refractivity contribution in [3.8, 4) is 0 Å². The normalized spacial score (nSPS) is 16.5. The van der Waals surface area contributed by atoms with Crippen LogP contribution in [-0.2, 0) is 9.59 Å². The van der Waals surface area contributed by atoms with Crippen LogP contribution in [0.1, 0.15) is 58.3 Å². The van der Waals surface area contributed by atoms with Gasteiger partial charge in [0, 0.05) is 6.54 Å². The molecule has 1 aliphatic rings. The maximum atomic E-state index is 11.6. The number of carboxylic acids is 1. The van der Waals surface area contributed by atoms with Gasteiger partial charge in [0.15, 0.2) is 0 Å². The van der Waals surface area contributed by atoms with Crippen LogP contribution in [0, 0.1) is 5.41 Å². The Hall–Kier alpha value is -1.06. The van der Waals surface area contributed by atoms with Crippen LogP contribution in [0.3, 0.4) is 0 Å². The molecule has 17 heavy (non-hydrogen) atoms. The highest BCUT2D eigenvalue weighted by molar-refractivity contribution is 6.04. The number of nitrogens with one attached hydrogen (secondary N) is 1. The van der Waals surface area contributed by atoms with E-state index in [1.807, 2.05) is 0 Å². The lowest BCUT2D eigenvalue weighted by Gasteiger charge is -2.10. The molecule has 1 saturated carbocycles. The summed E-state index contributed by atoms with van der Waals surface area (Å²) in [5.74, 6) is -1.27. The molecule has 4 heteroatoms. The first-order valence-corrected chi connectivity index (χ1v) is 6.65. The van der Waals surface area contributed by atoms with Gasteiger partial charge in [0.2, 0.25) is 5.91 Å². The number of aliphatic carboxylic acids is 1. The third-order valence-electron chi connectivity index (χ3n) is 3.41. The number of hydrogen-bond donors (Lipinski definition) is 2. The van der Waals surface area contributed by atoms with Gasteiger partial charge in [-0.2, -0.15) is 0 Å². The smallest absolute Gasteiger partial charge is 0.319 e. The van der Waals surface area contributed by atoms with Crippen molar-refractivity contribution in [1.29, 1.82) is 0 Å². The molecule has 0 aromatic rings. The first-order chi connectivity index (χ1) is 8.13. The van der Waals surface area contributed by atoms with Crippen LogP contribution in [-0.4, -0.2) is 23.5 Å². The predicted molar refractivity (Wildman–Crippen MR) is 65.7 cm³/mol. The van der Waals surface area contributed by atoms with Crippen molar-refractivity contribution in [3.05, 3.63) is 0 Å². The zero-order valence-corrected chi connectivity index (χ0v) is 10.6. The summed E-state index contributed by atoms with van der Waals surface area (Å²) >= 11 is 0. The molecule has 1 amide bonds. The van der Waals surface area contributed by atoms with Gasteiger partial charge in [-0.3, -0.25) is 9.59 Å². The summed E-state index contributed by atoms with van der Waals surface area (Å²) in [4.78, 5) is 22.5. The molecule has 2 N–H and O–H groups in total. The highest BCUT2D eigenvalue weighted by Crippen LogP contribution is 2.45. The van der Waals surface area contributed by atoms with E-state index in [2.05, 4.69) is 12.2 Å². The lowest BCUT2D eigenvalue weighted by Crippen LogP contribution is -2.37. The van der Waals surface area contributed by atoms with E-state index < -0.39 is 11.4 Å². The Balaban J connectivity index is 2.03. The van der Waals surface area contributed by atoms with Gasteiger partial charge >= 0.3 is 5.97 Å². The van der Waals surface area contributed by atoms with E-state index in [0.29, 0.717) is 19.4 Å². The molecule has 1 aliphatic carbocycles. The predicted octanol–water partition coefficient (Wildman–Crippen LogP) is 2.33. The van der Waals surface area contributed by atoms with Crippen LogP contribution in [0.15, 0.2) is 0 Å².